The van der Waals surface area contributed by atoms with Crippen LogP contribution in [0.25, 0.3) is 0 Å². The van der Waals surface area contributed by atoms with E-state index in [1.807, 2.05) is 11.3 Å². The van der Waals surface area contributed by atoms with E-state index in [2.05, 4.69) is 38.9 Å². The number of hydrogen-bond acceptors (Lipinski definition) is 2. The molecule has 24 heavy (non-hydrogen) atoms. The highest BCUT2D eigenvalue weighted by molar-refractivity contribution is 7.16. The molecule has 4 rings (SSSR count). The van der Waals surface area contributed by atoms with Crippen molar-refractivity contribution in [3.8, 4) is 0 Å². The predicted molar refractivity (Wildman–Crippen MR) is 105 cm³/mol. The SMILES string of the molecule is Cc1c(N=CN2CC3(C)CC2CC(C)(C)C3)sc2c1CCCCC2. The Morgan fingerprint density at radius 3 is 2.75 bits per heavy atom. The summed E-state index contributed by atoms with van der Waals surface area (Å²) in [4.78, 5) is 9.15. The first-order chi connectivity index (χ1) is 11.4. The van der Waals surface area contributed by atoms with E-state index < -0.39 is 0 Å². The van der Waals surface area contributed by atoms with Crippen LogP contribution >= 0.6 is 11.3 Å². The van der Waals surface area contributed by atoms with Crippen molar-refractivity contribution in [1.82, 2.24) is 4.90 Å². The van der Waals surface area contributed by atoms with E-state index in [1.165, 1.54) is 68.5 Å². The van der Waals surface area contributed by atoms with E-state index in [4.69, 9.17) is 4.99 Å². The highest BCUT2D eigenvalue weighted by Gasteiger charge is 2.48. The van der Waals surface area contributed by atoms with Crippen molar-refractivity contribution in [1.29, 1.82) is 0 Å². The molecule has 3 heteroatoms. The molecule has 1 saturated heterocycles. The Hall–Kier alpha value is -0.830. The zero-order valence-electron chi connectivity index (χ0n) is 15.8. The van der Waals surface area contributed by atoms with E-state index in [1.54, 1.807) is 10.4 Å². The van der Waals surface area contributed by atoms with Gasteiger partial charge >= 0.3 is 0 Å². The van der Waals surface area contributed by atoms with Crippen molar-refractivity contribution < 1.29 is 0 Å². The molecular formula is C21H32N2S. The average Bonchev–Trinajstić information content (AvgIpc) is 2.78. The van der Waals surface area contributed by atoms with Crippen molar-refractivity contribution in [2.24, 2.45) is 15.8 Å². The lowest BCUT2D eigenvalue weighted by molar-refractivity contribution is 0.133. The Balaban J connectivity index is 1.54. The van der Waals surface area contributed by atoms with Crippen LogP contribution in [0.1, 0.15) is 75.3 Å². The van der Waals surface area contributed by atoms with Gasteiger partial charge in [0, 0.05) is 17.5 Å². The van der Waals surface area contributed by atoms with E-state index in [0.29, 0.717) is 16.9 Å². The van der Waals surface area contributed by atoms with Crippen molar-refractivity contribution in [2.75, 3.05) is 6.54 Å². The summed E-state index contributed by atoms with van der Waals surface area (Å²) in [6.45, 7) is 10.8. The molecule has 0 amide bonds. The Morgan fingerprint density at radius 1 is 1.12 bits per heavy atom. The van der Waals surface area contributed by atoms with Gasteiger partial charge in [0.15, 0.2) is 0 Å². The third kappa shape index (κ3) is 3.05. The van der Waals surface area contributed by atoms with Crippen LogP contribution in [0.5, 0.6) is 0 Å². The Kier molecular flexibility index (Phi) is 4.06. The topological polar surface area (TPSA) is 15.6 Å². The fraction of sp³-hybridized carbons (Fsp3) is 0.762. The molecule has 2 heterocycles. The molecule has 1 aromatic rings. The van der Waals surface area contributed by atoms with Gasteiger partial charge in [0.05, 0.1) is 6.34 Å². The molecule has 0 N–H and O–H groups in total. The lowest BCUT2D eigenvalue weighted by Crippen LogP contribution is -2.34. The zero-order valence-corrected chi connectivity index (χ0v) is 16.6. The summed E-state index contributed by atoms with van der Waals surface area (Å²) in [5.74, 6) is 0. The quantitative estimate of drug-likeness (QED) is 0.371. The number of thiophene rings is 1. The van der Waals surface area contributed by atoms with Crippen LogP contribution in [-0.4, -0.2) is 23.8 Å². The fourth-order valence-electron chi connectivity index (χ4n) is 5.77. The molecule has 2 bridgehead atoms. The summed E-state index contributed by atoms with van der Waals surface area (Å²) in [7, 11) is 0. The minimum absolute atomic E-state index is 0.483. The number of nitrogens with zero attached hydrogens (tertiary/aromatic N) is 2. The van der Waals surface area contributed by atoms with Crippen molar-refractivity contribution in [2.45, 2.75) is 85.1 Å². The van der Waals surface area contributed by atoms with Crippen LogP contribution < -0.4 is 0 Å². The lowest BCUT2D eigenvalue weighted by Gasteiger charge is -2.39. The number of rotatable bonds is 2. The summed E-state index contributed by atoms with van der Waals surface area (Å²) in [6, 6.07) is 0.695. The molecular weight excluding hydrogens is 312 g/mol. The zero-order chi connectivity index (χ0) is 16.9. The van der Waals surface area contributed by atoms with Crippen LogP contribution in [-0.2, 0) is 12.8 Å². The summed E-state index contributed by atoms with van der Waals surface area (Å²) in [6.07, 6.45) is 12.9. The minimum atomic E-state index is 0.483. The highest BCUT2D eigenvalue weighted by Crippen LogP contribution is 2.52. The number of aliphatic imine (C=N–C) groups is 1. The minimum Gasteiger partial charge on any atom is -0.359 e. The van der Waals surface area contributed by atoms with Gasteiger partial charge in [0.1, 0.15) is 5.00 Å². The third-order valence-corrected chi connectivity index (χ3v) is 7.74. The van der Waals surface area contributed by atoms with Crippen LogP contribution in [0.3, 0.4) is 0 Å². The normalized spacial score (nSPS) is 32.2. The second kappa shape index (κ2) is 5.86. The van der Waals surface area contributed by atoms with Gasteiger partial charge in [-0.2, -0.15) is 0 Å². The average molecular weight is 345 g/mol. The van der Waals surface area contributed by atoms with Gasteiger partial charge in [0.25, 0.3) is 0 Å². The lowest BCUT2D eigenvalue weighted by atomic mass is 9.65. The van der Waals surface area contributed by atoms with Crippen LogP contribution in [0, 0.1) is 17.8 Å². The van der Waals surface area contributed by atoms with Crippen LogP contribution in [0.2, 0.25) is 0 Å². The molecule has 2 aliphatic carbocycles. The second-order valence-corrected chi connectivity index (χ2v) is 10.7. The highest BCUT2D eigenvalue weighted by atomic mass is 32.1. The van der Waals surface area contributed by atoms with E-state index >= 15 is 0 Å². The second-order valence-electron chi connectivity index (χ2n) is 9.63. The van der Waals surface area contributed by atoms with Crippen molar-refractivity contribution in [3.05, 3.63) is 16.0 Å². The van der Waals surface area contributed by atoms with Gasteiger partial charge in [-0.15, -0.1) is 11.3 Å². The molecule has 1 aromatic heterocycles. The molecule has 3 aliphatic rings. The smallest absolute Gasteiger partial charge is 0.121 e. The maximum Gasteiger partial charge on any atom is 0.121 e. The maximum absolute atomic E-state index is 4.98. The molecule has 132 valence electrons. The molecule has 0 aromatic carbocycles. The molecule has 0 spiro atoms. The van der Waals surface area contributed by atoms with Gasteiger partial charge in [-0.25, -0.2) is 4.99 Å². The molecule has 2 fully saturated rings. The van der Waals surface area contributed by atoms with Gasteiger partial charge in [-0.05, 0) is 73.8 Å². The number of likely N-dealkylation sites (tertiary alicyclic amines) is 1. The van der Waals surface area contributed by atoms with Gasteiger partial charge in [-0.1, -0.05) is 27.2 Å². The summed E-state index contributed by atoms with van der Waals surface area (Å²) < 4.78 is 0. The Labute approximate surface area is 151 Å². The first kappa shape index (κ1) is 16.6. The van der Waals surface area contributed by atoms with Crippen LogP contribution in [0.4, 0.5) is 5.00 Å². The van der Waals surface area contributed by atoms with Gasteiger partial charge in [-0.3, -0.25) is 0 Å². The summed E-state index contributed by atoms with van der Waals surface area (Å²) in [5, 5.41) is 1.27. The molecule has 1 saturated carbocycles. The number of aryl methyl sites for hydroxylation is 1. The van der Waals surface area contributed by atoms with Gasteiger partial charge in [0.2, 0.25) is 0 Å². The van der Waals surface area contributed by atoms with Crippen molar-refractivity contribution >= 4 is 22.7 Å². The predicted octanol–water partition coefficient (Wildman–Crippen LogP) is 5.89. The number of hydrogen-bond donors (Lipinski definition) is 0. The molecule has 2 unspecified atom stereocenters. The van der Waals surface area contributed by atoms with E-state index in [0.717, 1.165) is 0 Å². The first-order valence-electron chi connectivity index (χ1n) is 9.76. The summed E-state index contributed by atoms with van der Waals surface area (Å²) >= 11 is 1.96. The monoisotopic (exact) mass is 344 g/mol. The maximum atomic E-state index is 4.98. The largest absolute Gasteiger partial charge is 0.359 e. The van der Waals surface area contributed by atoms with Crippen molar-refractivity contribution in [3.63, 3.8) is 0 Å². The standard InChI is InChI=1S/C21H32N2S/c1-15-17-8-6-5-7-9-18(17)24-19(15)22-14-23-13-21(4)11-16(23)10-20(2,3)12-21/h14,16H,5-13H2,1-4H3. The van der Waals surface area contributed by atoms with Gasteiger partial charge < -0.3 is 4.90 Å². The molecule has 2 atom stereocenters. The Morgan fingerprint density at radius 2 is 1.92 bits per heavy atom. The summed E-state index contributed by atoms with van der Waals surface area (Å²) in [5.41, 5.74) is 4.05. The third-order valence-electron chi connectivity index (χ3n) is 6.44. The molecule has 1 aliphatic heterocycles. The number of fused-ring (bicyclic) bond motifs is 3. The van der Waals surface area contributed by atoms with E-state index in [-0.39, 0.29) is 0 Å². The first-order valence-corrected chi connectivity index (χ1v) is 10.6. The Bertz CT molecular complexity index is 657. The molecule has 0 radical (unpaired) electrons. The van der Waals surface area contributed by atoms with E-state index in [9.17, 15) is 0 Å². The van der Waals surface area contributed by atoms with Crippen LogP contribution in [0.15, 0.2) is 4.99 Å². The molecule has 2 nitrogen and oxygen atoms in total. The fourth-order valence-corrected chi connectivity index (χ4v) is 7.01.